The van der Waals surface area contributed by atoms with E-state index in [-0.39, 0.29) is 6.03 Å². The molecule has 0 saturated carbocycles. The molecular weight excluding hydrogens is 347 g/mol. The minimum absolute atomic E-state index is 0.0505. The van der Waals surface area contributed by atoms with Crippen molar-refractivity contribution >= 4 is 34.9 Å². The molecule has 0 unspecified atom stereocenters. The molecule has 1 aromatic carbocycles. The zero-order chi connectivity index (χ0) is 16.9. The van der Waals surface area contributed by atoms with Crippen LogP contribution >= 0.6 is 23.2 Å². The summed E-state index contributed by atoms with van der Waals surface area (Å²) in [5.41, 5.74) is 1.87. The molecule has 0 atom stereocenters. The fourth-order valence-electron chi connectivity index (χ4n) is 2.73. The number of rotatable bonds is 3. The number of benzene rings is 1. The first kappa shape index (κ1) is 16.9. The SMILES string of the molecule is O=C(NCc1ccccc1)N1CCN(c2c(Cl)cncc2Cl)CC1. The number of hydrogen-bond donors (Lipinski definition) is 1. The quantitative estimate of drug-likeness (QED) is 0.907. The van der Waals surface area contributed by atoms with Gasteiger partial charge < -0.3 is 15.1 Å². The van der Waals surface area contributed by atoms with Crippen LogP contribution in [0.25, 0.3) is 0 Å². The fraction of sp³-hybridized carbons (Fsp3) is 0.294. The van der Waals surface area contributed by atoms with Crippen molar-refractivity contribution in [3.05, 3.63) is 58.3 Å². The number of nitrogens with one attached hydrogen (secondary N) is 1. The molecule has 2 amide bonds. The van der Waals surface area contributed by atoms with Gasteiger partial charge in [0.25, 0.3) is 0 Å². The first-order valence-corrected chi connectivity index (χ1v) is 8.51. The van der Waals surface area contributed by atoms with Crippen molar-refractivity contribution in [2.75, 3.05) is 31.1 Å². The molecule has 1 aliphatic heterocycles. The van der Waals surface area contributed by atoms with Crippen LogP contribution in [0.3, 0.4) is 0 Å². The predicted molar refractivity (Wildman–Crippen MR) is 96.7 cm³/mol. The normalized spacial score (nSPS) is 14.6. The van der Waals surface area contributed by atoms with Crippen LogP contribution in [0.4, 0.5) is 10.5 Å². The van der Waals surface area contributed by atoms with Crippen LogP contribution < -0.4 is 10.2 Å². The fourth-order valence-corrected chi connectivity index (χ4v) is 3.33. The highest BCUT2D eigenvalue weighted by molar-refractivity contribution is 6.38. The molecule has 0 spiro atoms. The zero-order valence-electron chi connectivity index (χ0n) is 13.1. The van der Waals surface area contributed by atoms with Crippen molar-refractivity contribution in [2.45, 2.75) is 6.54 Å². The Morgan fingerprint density at radius 2 is 1.67 bits per heavy atom. The summed E-state index contributed by atoms with van der Waals surface area (Å²) in [6.45, 7) is 3.14. The van der Waals surface area contributed by atoms with Crippen molar-refractivity contribution in [1.82, 2.24) is 15.2 Å². The van der Waals surface area contributed by atoms with E-state index in [1.165, 1.54) is 0 Å². The maximum Gasteiger partial charge on any atom is 0.317 e. The van der Waals surface area contributed by atoms with Gasteiger partial charge in [0.15, 0.2) is 0 Å². The predicted octanol–water partition coefficient (Wildman–Crippen LogP) is 3.42. The Labute approximate surface area is 151 Å². The van der Waals surface area contributed by atoms with Gasteiger partial charge in [-0.15, -0.1) is 0 Å². The van der Waals surface area contributed by atoms with E-state index in [2.05, 4.69) is 15.2 Å². The number of pyridine rings is 1. The molecule has 3 rings (SSSR count). The minimum Gasteiger partial charge on any atom is -0.365 e. The van der Waals surface area contributed by atoms with Gasteiger partial charge in [-0.2, -0.15) is 0 Å². The summed E-state index contributed by atoms with van der Waals surface area (Å²) in [6, 6.07) is 9.81. The molecule has 0 aliphatic carbocycles. The Bertz CT molecular complexity index is 683. The highest BCUT2D eigenvalue weighted by Gasteiger charge is 2.23. The number of aromatic nitrogens is 1. The number of urea groups is 1. The number of nitrogens with zero attached hydrogens (tertiary/aromatic N) is 3. The van der Waals surface area contributed by atoms with E-state index in [4.69, 9.17) is 23.2 Å². The molecule has 24 heavy (non-hydrogen) atoms. The lowest BCUT2D eigenvalue weighted by Gasteiger charge is -2.36. The van der Waals surface area contributed by atoms with Crippen LogP contribution in [0.15, 0.2) is 42.7 Å². The zero-order valence-corrected chi connectivity index (χ0v) is 14.6. The van der Waals surface area contributed by atoms with Crippen LogP contribution in [-0.4, -0.2) is 42.1 Å². The number of carbonyl (C=O) groups excluding carboxylic acids is 1. The Balaban J connectivity index is 1.54. The topological polar surface area (TPSA) is 48.5 Å². The summed E-state index contributed by atoms with van der Waals surface area (Å²) in [5, 5.41) is 4.02. The van der Waals surface area contributed by atoms with E-state index in [1.807, 2.05) is 35.2 Å². The van der Waals surface area contributed by atoms with E-state index in [9.17, 15) is 4.79 Å². The average Bonchev–Trinajstić information content (AvgIpc) is 2.61. The van der Waals surface area contributed by atoms with Crippen LogP contribution in [0.5, 0.6) is 0 Å². The number of hydrogen-bond acceptors (Lipinski definition) is 3. The van der Waals surface area contributed by atoms with Gasteiger partial charge in [-0.05, 0) is 5.56 Å². The second-order valence-electron chi connectivity index (χ2n) is 5.57. The maximum atomic E-state index is 12.3. The van der Waals surface area contributed by atoms with Crippen molar-refractivity contribution in [3.63, 3.8) is 0 Å². The number of carbonyl (C=O) groups is 1. The molecule has 5 nitrogen and oxygen atoms in total. The molecule has 0 bridgehead atoms. The standard InChI is InChI=1S/C17H18Cl2N4O/c18-14-11-20-12-15(19)16(14)22-6-8-23(9-7-22)17(24)21-10-13-4-2-1-3-5-13/h1-5,11-12H,6-10H2,(H,21,24). The maximum absolute atomic E-state index is 12.3. The summed E-state index contributed by atoms with van der Waals surface area (Å²) in [5.74, 6) is 0. The highest BCUT2D eigenvalue weighted by Crippen LogP contribution is 2.32. The van der Waals surface area contributed by atoms with E-state index in [1.54, 1.807) is 12.4 Å². The summed E-state index contributed by atoms with van der Waals surface area (Å²) < 4.78 is 0. The van der Waals surface area contributed by atoms with Gasteiger partial charge in [-0.1, -0.05) is 53.5 Å². The van der Waals surface area contributed by atoms with E-state index >= 15 is 0 Å². The molecule has 1 N–H and O–H groups in total. The summed E-state index contributed by atoms with van der Waals surface area (Å²) in [7, 11) is 0. The molecule has 0 radical (unpaired) electrons. The Kier molecular flexibility index (Phi) is 5.43. The molecule has 2 aromatic rings. The highest BCUT2D eigenvalue weighted by atomic mass is 35.5. The van der Waals surface area contributed by atoms with Gasteiger partial charge in [-0.25, -0.2) is 4.79 Å². The van der Waals surface area contributed by atoms with Gasteiger partial charge in [-0.3, -0.25) is 4.98 Å². The summed E-state index contributed by atoms with van der Waals surface area (Å²) in [4.78, 5) is 20.2. The minimum atomic E-state index is -0.0505. The lowest BCUT2D eigenvalue weighted by molar-refractivity contribution is 0.194. The van der Waals surface area contributed by atoms with Gasteiger partial charge in [0.05, 0.1) is 15.7 Å². The van der Waals surface area contributed by atoms with Gasteiger partial charge >= 0.3 is 6.03 Å². The van der Waals surface area contributed by atoms with Crippen molar-refractivity contribution in [1.29, 1.82) is 0 Å². The third-order valence-electron chi connectivity index (χ3n) is 4.00. The van der Waals surface area contributed by atoms with E-state index in [0.29, 0.717) is 42.8 Å². The number of amides is 2. The second kappa shape index (κ2) is 7.73. The molecule has 1 aromatic heterocycles. The number of anilines is 1. The number of piperazine rings is 1. The number of halogens is 2. The largest absolute Gasteiger partial charge is 0.365 e. The van der Waals surface area contributed by atoms with Crippen molar-refractivity contribution in [2.24, 2.45) is 0 Å². The Hall–Kier alpha value is -1.98. The van der Waals surface area contributed by atoms with Crippen LogP contribution in [0, 0.1) is 0 Å². The smallest absolute Gasteiger partial charge is 0.317 e. The van der Waals surface area contributed by atoms with E-state index < -0.39 is 0 Å². The monoisotopic (exact) mass is 364 g/mol. The molecule has 1 saturated heterocycles. The van der Waals surface area contributed by atoms with Crippen LogP contribution in [-0.2, 0) is 6.54 Å². The Morgan fingerprint density at radius 3 is 2.29 bits per heavy atom. The third-order valence-corrected chi connectivity index (χ3v) is 4.55. The van der Waals surface area contributed by atoms with Crippen molar-refractivity contribution < 1.29 is 4.79 Å². The second-order valence-corrected chi connectivity index (χ2v) is 6.38. The molecular formula is C17H18Cl2N4O. The third kappa shape index (κ3) is 3.91. The van der Waals surface area contributed by atoms with Gasteiger partial charge in [0, 0.05) is 45.1 Å². The molecule has 126 valence electrons. The average molecular weight is 365 g/mol. The van der Waals surface area contributed by atoms with Crippen LogP contribution in [0.1, 0.15) is 5.56 Å². The lowest BCUT2D eigenvalue weighted by Crippen LogP contribution is -2.51. The Morgan fingerprint density at radius 1 is 1.04 bits per heavy atom. The van der Waals surface area contributed by atoms with Crippen molar-refractivity contribution in [3.8, 4) is 0 Å². The summed E-state index contributed by atoms with van der Waals surface area (Å²) in [6.07, 6.45) is 3.17. The van der Waals surface area contributed by atoms with Crippen LogP contribution in [0.2, 0.25) is 10.0 Å². The molecule has 1 fully saturated rings. The first-order valence-electron chi connectivity index (χ1n) is 7.76. The summed E-state index contributed by atoms with van der Waals surface area (Å²) >= 11 is 12.4. The van der Waals surface area contributed by atoms with Gasteiger partial charge in [0.2, 0.25) is 0 Å². The lowest BCUT2D eigenvalue weighted by atomic mass is 10.2. The molecule has 1 aliphatic rings. The molecule has 2 heterocycles. The first-order chi connectivity index (χ1) is 11.6. The van der Waals surface area contributed by atoms with E-state index in [0.717, 1.165) is 11.3 Å². The molecule has 7 heteroatoms. The van der Waals surface area contributed by atoms with Gasteiger partial charge in [0.1, 0.15) is 0 Å².